The predicted molar refractivity (Wildman–Crippen MR) is 109 cm³/mol. The van der Waals surface area contributed by atoms with Crippen molar-refractivity contribution in [2.24, 2.45) is 5.92 Å². The van der Waals surface area contributed by atoms with Gasteiger partial charge in [0.2, 0.25) is 0 Å². The maximum absolute atomic E-state index is 12.2. The van der Waals surface area contributed by atoms with Crippen LogP contribution < -0.4 is 4.74 Å². The Morgan fingerprint density at radius 1 is 1.22 bits per heavy atom. The second-order valence-electron chi connectivity index (χ2n) is 7.43. The van der Waals surface area contributed by atoms with Crippen LogP contribution >= 0.6 is 12.4 Å². The number of fused-ring (bicyclic) bond motifs is 2. The molecule has 1 aromatic heterocycles. The summed E-state index contributed by atoms with van der Waals surface area (Å²) in [5, 5.41) is 0. The van der Waals surface area contributed by atoms with E-state index in [1.54, 1.807) is 32.2 Å². The normalized spacial score (nSPS) is 22.0. The predicted octanol–water partition coefficient (Wildman–Crippen LogP) is 3.89. The highest BCUT2D eigenvalue weighted by molar-refractivity contribution is 7.91. The molecule has 2 atom stereocenters. The topological polar surface area (TPSA) is 62.4 Å². The maximum atomic E-state index is 12.2. The number of likely N-dealkylation sites (tertiary alicyclic amines) is 1. The summed E-state index contributed by atoms with van der Waals surface area (Å²) in [4.78, 5) is 6.38. The summed E-state index contributed by atoms with van der Waals surface area (Å²) in [7, 11) is -1.64. The third kappa shape index (κ3) is 3.89. The average Bonchev–Trinajstić information content (AvgIpc) is 3.38. The molecule has 1 saturated heterocycles. The fraction of sp³-hybridized carbons (Fsp3) is 0.500. The quantitative estimate of drug-likeness (QED) is 0.784. The van der Waals surface area contributed by atoms with E-state index < -0.39 is 9.84 Å². The van der Waals surface area contributed by atoms with Crippen molar-refractivity contribution in [3.05, 3.63) is 36.0 Å². The molecule has 0 amide bonds. The molecule has 2 fully saturated rings. The van der Waals surface area contributed by atoms with Crippen LogP contribution in [0.15, 0.2) is 35.2 Å². The third-order valence-corrected chi connectivity index (χ3v) is 7.58. The number of hydrogen-bond donors (Lipinski definition) is 1. The minimum atomic E-state index is -3.25. The summed E-state index contributed by atoms with van der Waals surface area (Å²) in [6.07, 6.45) is 4.05. The van der Waals surface area contributed by atoms with E-state index >= 15 is 0 Å². The number of aromatic amines is 1. The molecule has 5 nitrogen and oxygen atoms in total. The SMILES string of the molecule is CCS(=O)(=O)c1ccc(OC)c(-c2ccc(CN3CC4CCC3C4)[nH]2)c1.Cl. The van der Waals surface area contributed by atoms with E-state index in [0.29, 0.717) is 10.6 Å². The number of H-pyrrole nitrogens is 1. The summed E-state index contributed by atoms with van der Waals surface area (Å²) in [6.45, 7) is 3.79. The van der Waals surface area contributed by atoms with Crippen molar-refractivity contribution in [3.63, 3.8) is 0 Å². The number of ether oxygens (including phenoxy) is 1. The molecule has 2 unspecified atom stereocenters. The van der Waals surface area contributed by atoms with E-state index in [1.165, 1.54) is 31.5 Å². The molecule has 4 rings (SSSR count). The van der Waals surface area contributed by atoms with Crippen LogP contribution in [0.3, 0.4) is 0 Å². The summed E-state index contributed by atoms with van der Waals surface area (Å²) in [5.41, 5.74) is 2.85. The Kier molecular flexibility index (Phi) is 5.89. The fourth-order valence-corrected chi connectivity index (χ4v) is 5.29. The van der Waals surface area contributed by atoms with Gasteiger partial charge in [-0.15, -0.1) is 12.4 Å². The van der Waals surface area contributed by atoms with Crippen LogP contribution in [-0.4, -0.2) is 43.8 Å². The van der Waals surface area contributed by atoms with E-state index in [-0.39, 0.29) is 18.2 Å². The lowest BCUT2D eigenvalue weighted by Crippen LogP contribution is -2.31. The first kappa shape index (κ1) is 20.2. The van der Waals surface area contributed by atoms with Gasteiger partial charge in [0.05, 0.1) is 17.8 Å². The minimum absolute atomic E-state index is 0. The van der Waals surface area contributed by atoms with E-state index in [9.17, 15) is 8.42 Å². The van der Waals surface area contributed by atoms with E-state index in [2.05, 4.69) is 16.0 Å². The highest BCUT2D eigenvalue weighted by Gasteiger charge is 2.37. The van der Waals surface area contributed by atoms with Crippen molar-refractivity contribution in [3.8, 4) is 17.0 Å². The maximum Gasteiger partial charge on any atom is 0.178 e. The molecule has 2 bridgehead atoms. The van der Waals surface area contributed by atoms with Gasteiger partial charge >= 0.3 is 0 Å². The third-order valence-electron chi connectivity index (χ3n) is 5.84. The Balaban J connectivity index is 0.00000210. The Morgan fingerprint density at radius 3 is 2.67 bits per heavy atom. The second-order valence-corrected chi connectivity index (χ2v) is 9.70. The van der Waals surface area contributed by atoms with Crippen molar-refractivity contribution in [1.29, 1.82) is 0 Å². The van der Waals surface area contributed by atoms with Crippen LogP contribution in [0.4, 0.5) is 0 Å². The Morgan fingerprint density at radius 2 is 2.04 bits per heavy atom. The molecule has 1 aromatic carbocycles. The lowest BCUT2D eigenvalue weighted by molar-refractivity contribution is 0.203. The summed E-state index contributed by atoms with van der Waals surface area (Å²) >= 11 is 0. The zero-order valence-electron chi connectivity index (χ0n) is 15.8. The zero-order chi connectivity index (χ0) is 18.3. The van der Waals surface area contributed by atoms with Gasteiger partial charge in [-0.25, -0.2) is 8.42 Å². The van der Waals surface area contributed by atoms with Crippen LogP contribution in [0, 0.1) is 5.92 Å². The van der Waals surface area contributed by atoms with E-state index in [4.69, 9.17) is 4.74 Å². The Hall–Kier alpha value is -1.50. The first-order valence-corrected chi connectivity index (χ1v) is 11.0. The number of aromatic nitrogens is 1. The van der Waals surface area contributed by atoms with Gasteiger partial charge in [-0.2, -0.15) is 0 Å². The van der Waals surface area contributed by atoms with Crippen LogP contribution in [0.2, 0.25) is 0 Å². The van der Waals surface area contributed by atoms with Gasteiger partial charge in [-0.1, -0.05) is 6.92 Å². The van der Waals surface area contributed by atoms with Gasteiger partial charge in [-0.05, 0) is 55.5 Å². The molecular formula is C20H27ClN2O3S. The van der Waals surface area contributed by atoms with Crippen molar-refractivity contribution in [2.75, 3.05) is 19.4 Å². The minimum Gasteiger partial charge on any atom is -0.496 e. The molecule has 2 aliphatic rings. The molecule has 2 aromatic rings. The first-order chi connectivity index (χ1) is 12.5. The molecule has 27 heavy (non-hydrogen) atoms. The lowest BCUT2D eigenvalue weighted by atomic mass is 10.1. The number of nitrogens with one attached hydrogen (secondary N) is 1. The number of nitrogens with zero attached hydrogens (tertiary/aromatic N) is 1. The number of methoxy groups -OCH3 is 1. The average molecular weight is 411 g/mol. The van der Waals surface area contributed by atoms with Crippen molar-refractivity contribution >= 4 is 22.2 Å². The molecule has 1 N–H and O–H groups in total. The van der Waals surface area contributed by atoms with Gasteiger partial charge in [0.1, 0.15) is 5.75 Å². The largest absolute Gasteiger partial charge is 0.496 e. The highest BCUT2D eigenvalue weighted by Crippen LogP contribution is 2.38. The summed E-state index contributed by atoms with van der Waals surface area (Å²) in [6, 6.07) is 9.92. The molecule has 0 spiro atoms. The molecule has 7 heteroatoms. The molecule has 0 radical (unpaired) electrons. The molecular weight excluding hydrogens is 384 g/mol. The van der Waals surface area contributed by atoms with Crippen molar-refractivity contribution < 1.29 is 13.2 Å². The Labute approximate surface area is 167 Å². The number of sulfone groups is 1. The van der Waals surface area contributed by atoms with Gasteiger partial charge in [0, 0.05) is 36.1 Å². The molecule has 1 saturated carbocycles. The highest BCUT2D eigenvalue weighted by atomic mass is 35.5. The van der Waals surface area contributed by atoms with Crippen LogP contribution in [0.1, 0.15) is 31.9 Å². The molecule has 2 heterocycles. The van der Waals surface area contributed by atoms with Gasteiger partial charge < -0.3 is 9.72 Å². The number of benzene rings is 1. The van der Waals surface area contributed by atoms with Crippen molar-refractivity contribution in [1.82, 2.24) is 9.88 Å². The van der Waals surface area contributed by atoms with Crippen LogP contribution in [0.25, 0.3) is 11.3 Å². The Bertz CT molecular complexity index is 910. The van der Waals surface area contributed by atoms with E-state index in [0.717, 1.165) is 29.8 Å². The van der Waals surface area contributed by atoms with Gasteiger partial charge in [0.15, 0.2) is 9.84 Å². The number of halogens is 1. The lowest BCUT2D eigenvalue weighted by Gasteiger charge is -2.26. The van der Waals surface area contributed by atoms with Crippen LogP contribution in [0.5, 0.6) is 5.75 Å². The standard InChI is InChI=1S/C20H26N2O3S.ClH/c1-3-26(23,24)17-7-9-20(25-2)18(11-17)19-8-5-15(21-19)13-22-12-14-4-6-16(22)10-14;/h5,7-9,11,14,16,21H,3-4,6,10,12-13H2,1-2H3;1H. The first-order valence-electron chi connectivity index (χ1n) is 9.33. The zero-order valence-corrected chi connectivity index (χ0v) is 17.4. The van der Waals surface area contributed by atoms with Gasteiger partial charge in [-0.3, -0.25) is 4.90 Å². The monoisotopic (exact) mass is 410 g/mol. The number of rotatable bonds is 6. The summed E-state index contributed by atoms with van der Waals surface area (Å²) < 4.78 is 29.9. The summed E-state index contributed by atoms with van der Waals surface area (Å²) in [5.74, 6) is 1.64. The van der Waals surface area contributed by atoms with Gasteiger partial charge in [0.25, 0.3) is 0 Å². The molecule has 148 valence electrons. The van der Waals surface area contributed by atoms with Crippen molar-refractivity contribution in [2.45, 2.75) is 43.7 Å². The fourth-order valence-electron chi connectivity index (χ4n) is 4.39. The number of hydrogen-bond acceptors (Lipinski definition) is 4. The second kappa shape index (κ2) is 7.86. The molecule has 1 aliphatic carbocycles. The van der Waals surface area contributed by atoms with Crippen LogP contribution in [-0.2, 0) is 16.4 Å². The molecule has 1 aliphatic heterocycles. The number of piperidine rings is 1. The van der Waals surface area contributed by atoms with E-state index in [1.807, 2.05) is 6.07 Å². The smallest absolute Gasteiger partial charge is 0.178 e.